The molecule has 90 heavy (non-hydrogen) atoms. The van der Waals surface area contributed by atoms with Crippen LogP contribution in [-0.4, -0.2) is 185 Å². The minimum absolute atomic E-state index is 0. The normalized spacial score (nSPS) is 16.4. The summed E-state index contributed by atoms with van der Waals surface area (Å²) in [5.41, 5.74) is 7.57. The van der Waals surface area contributed by atoms with E-state index in [4.69, 9.17) is 42.4 Å². The van der Waals surface area contributed by atoms with Crippen LogP contribution in [-0.2, 0) is 0 Å². The molecule has 1 N–H and O–H groups in total. The van der Waals surface area contributed by atoms with E-state index < -0.39 is 17.5 Å². The lowest BCUT2D eigenvalue weighted by Gasteiger charge is -2.42. The van der Waals surface area contributed by atoms with Gasteiger partial charge in [-0.2, -0.15) is 14.9 Å². The molecule has 0 saturated carbocycles. The number of aromatic nitrogens is 9. The fourth-order valence-corrected chi connectivity index (χ4v) is 12.4. The second-order valence-electron chi connectivity index (χ2n) is 22.5. The lowest BCUT2D eigenvalue weighted by Crippen LogP contribution is -2.52. The first kappa shape index (κ1) is 66.4. The van der Waals surface area contributed by atoms with Crippen LogP contribution in [0.15, 0.2) is 110 Å². The van der Waals surface area contributed by atoms with E-state index in [0.717, 1.165) is 104 Å². The third-order valence-electron chi connectivity index (χ3n) is 17.2. The Morgan fingerprint density at radius 1 is 0.544 bits per heavy atom. The van der Waals surface area contributed by atoms with Crippen LogP contribution in [0.1, 0.15) is 46.1 Å². The molecule has 0 spiro atoms. The molecule has 7 aromatic heterocycles. The van der Waals surface area contributed by atoms with Crippen LogP contribution < -0.4 is 33.5 Å². The molecule has 4 aliphatic heterocycles. The van der Waals surface area contributed by atoms with Gasteiger partial charge in [-0.1, -0.05) is 38.1 Å². The number of rotatable bonds is 8. The number of methoxy groups -OCH3 is 3. The van der Waals surface area contributed by atoms with Crippen LogP contribution in [0, 0.1) is 29.6 Å². The summed E-state index contributed by atoms with van der Waals surface area (Å²) in [6.45, 7) is 15.7. The standard InChI is InChI=1S/C26H30FN7O2.C17H26N6.C10H8ClFNO2.C10H7ClFNO.2CH4/c1-30-9-11-32(12-10-30)18-3-6-31(7-4-18)19-15-28-26-22(16-29-33(26)17-19)20-5-8-34(35)24-14-23(27)25(36-2)13-21(20)24;1-14-11-19-23-13-16(12-18-17(14)23)21-5-3-15(4-6-21)22-9-7-20(2)8-10-22;1-15-10-4-6-7(11)2-3-13(14)9(6)5-8(10)12;1-14-10-4-6-7(11)2-3-13-9(6)5-8(10)12;;/h5,8,13-18H,3-4,6-7,9-12H2,1-2H3;11-13,15H,3-10H2,1-2H3;2-5,14H,1H3;2-5H,1H3;2*1H4/q;;+1;;;. The molecule has 0 unspecified atom stereocenters. The van der Waals surface area contributed by atoms with Gasteiger partial charge < -0.3 is 39.0 Å². The van der Waals surface area contributed by atoms with Gasteiger partial charge >= 0.3 is 0 Å². The minimum Gasteiger partial charge on any atom is -0.618 e. The molecular formula is C65H79Cl2F3N15O5+. The Hall–Kier alpha value is -8.06. The predicted molar refractivity (Wildman–Crippen MR) is 347 cm³/mol. The Labute approximate surface area is 532 Å². The molecule has 20 nitrogen and oxygen atoms in total. The van der Waals surface area contributed by atoms with Crippen molar-refractivity contribution in [3.63, 3.8) is 0 Å². The van der Waals surface area contributed by atoms with Gasteiger partial charge in [0.1, 0.15) is 0 Å². The maximum absolute atomic E-state index is 14.3. The SMILES string of the molecule is C.C.COc1cc2c(-c3cnn4cc(N5CCC(N6CCN(C)CC6)CC5)cnc34)cc[n+]([O-])c2cc1F.COc1cc2c(Cl)cc[n+](O)c2cc1F.COc1cc2c(Cl)ccnc2cc1F.Cc1cnn2cc(N3CCC(N4CCN(C)CC4)CC3)cnc12. The Balaban J connectivity index is 0.000000153. The van der Waals surface area contributed by atoms with E-state index in [1.165, 1.54) is 115 Å². The molecule has 478 valence electrons. The van der Waals surface area contributed by atoms with Crippen LogP contribution in [0.3, 0.4) is 0 Å². The molecular weight excluding hydrogens is 1200 g/mol. The maximum Gasteiger partial charge on any atom is 0.269 e. The number of aryl methyl sites for hydroxylation is 1. The van der Waals surface area contributed by atoms with Gasteiger partial charge in [-0.3, -0.25) is 20.0 Å². The molecule has 4 saturated heterocycles. The van der Waals surface area contributed by atoms with E-state index in [9.17, 15) is 23.6 Å². The molecule has 25 heteroatoms. The Kier molecular flexibility index (Phi) is 21.6. The topological polar surface area (TPSA) is 171 Å². The molecule has 11 heterocycles. The number of hydrogen-bond donors (Lipinski definition) is 1. The summed E-state index contributed by atoms with van der Waals surface area (Å²) < 4.78 is 60.8. The largest absolute Gasteiger partial charge is 0.618 e. The molecule has 0 bridgehead atoms. The first-order chi connectivity index (χ1) is 42.6. The molecule has 0 radical (unpaired) electrons. The molecule has 14 rings (SSSR count). The van der Waals surface area contributed by atoms with Crippen molar-refractivity contribution in [3.05, 3.63) is 149 Å². The summed E-state index contributed by atoms with van der Waals surface area (Å²) in [5, 5.41) is 33.5. The number of benzene rings is 3. The number of piperidine rings is 2. The van der Waals surface area contributed by atoms with Crippen molar-refractivity contribution >= 4 is 78.6 Å². The number of hydrogen-bond acceptors (Lipinski definition) is 16. The van der Waals surface area contributed by atoms with Gasteiger partial charge in [0.2, 0.25) is 11.7 Å². The Bertz CT molecular complexity index is 4090. The quantitative estimate of drug-likeness (QED) is 0.0865. The van der Waals surface area contributed by atoms with Crippen LogP contribution in [0.4, 0.5) is 24.5 Å². The smallest absolute Gasteiger partial charge is 0.269 e. The number of halogens is 5. The van der Waals surface area contributed by atoms with E-state index in [2.05, 4.69) is 76.8 Å². The van der Waals surface area contributed by atoms with E-state index in [-0.39, 0.29) is 37.6 Å². The molecule has 0 amide bonds. The zero-order valence-corrected chi connectivity index (χ0v) is 51.6. The Morgan fingerprint density at radius 3 is 1.58 bits per heavy atom. The van der Waals surface area contributed by atoms with Gasteiger partial charge in [0.05, 0.1) is 108 Å². The van der Waals surface area contributed by atoms with Crippen molar-refractivity contribution in [1.29, 1.82) is 0 Å². The second-order valence-corrected chi connectivity index (χ2v) is 23.3. The third-order valence-corrected chi connectivity index (χ3v) is 17.9. The molecule has 4 fully saturated rings. The summed E-state index contributed by atoms with van der Waals surface area (Å²) >= 11 is 11.8. The number of pyridine rings is 3. The van der Waals surface area contributed by atoms with Crippen molar-refractivity contribution in [3.8, 4) is 28.4 Å². The highest BCUT2D eigenvalue weighted by atomic mass is 35.5. The van der Waals surface area contributed by atoms with Crippen molar-refractivity contribution in [2.45, 2.75) is 59.5 Å². The van der Waals surface area contributed by atoms with Gasteiger partial charge in [0, 0.05) is 142 Å². The van der Waals surface area contributed by atoms with Gasteiger partial charge in [-0.05, 0) is 71.0 Å². The number of fused-ring (bicyclic) bond motifs is 5. The monoisotopic (exact) mass is 1280 g/mol. The van der Waals surface area contributed by atoms with Crippen LogP contribution in [0.5, 0.6) is 17.2 Å². The number of nitrogens with zero attached hydrogens (tertiary/aromatic N) is 15. The van der Waals surface area contributed by atoms with Gasteiger partial charge in [-0.15, -0.1) is 0 Å². The van der Waals surface area contributed by atoms with Gasteiger partial charge in [0.15, 0.2) is 52.2 Å². The number of ether oxygens (including phenoxy) is 3. The second kappa shape index (κ2) is 29.3. The first-order valence-corrected chi connectivity index (χ1v) is 30.1. The molecule has 0 atom stereocenters. The van der Waals surface area contributed by atoms with Crippen molar-refractivity contribution < 1.29 is 42.0 Å². The van der Waals surface area contributed by atoms with E-state index >= 15 is 0 Å². The molecule has 3 aromatic carbocycles. The minimum atomic E-state index is -0.578. The highest BCUT2D eigenvalue weighted by molar-refractivity contribution is 6.35. The zero-order valence-electron chi connectivity index (χ0n) is 50.0. The van der Waals surface area contributed by atoms with Crippen molar-refractivity contribution in [2.24, 2.45) is 0 Å². The molecule has 4 aliphatic rings. The van der Waals surface area contributed by atoms with Gasteiger partial charge in [-0.25, -0.2) is 32.2 Å². The van der Waals surface area contributed by atoms with Crippen LogP contribution >= 0.6 is 23.2 Å². The van der Waals surface area contributed by atoms with Crippen molar-refractivity contribution in [1.82, 2.24) is 53.8 Å². The third kappa shape index (κ3) is 14.4. The molecule has 10 aromatic rings. The van der Waals surface area contributed by atoms with Gasteiger partial charge in [0.25, 0.3) is 5.52 Å². The van der Waals surface area contributed by atoms with Crippen molar-refractivity contribution in [2.75, 3.05) is 124 Å². The van der Waals surface area contributed by atoms with E-state index in [1.807, 2.05) is 29.3 Å². The fourth-order valence-electron chi connectivity index (χ4n) is 12.0. The maximum atomic E-state index is 14.3. The zero-order chi connectivity index (χ0) is 61.8. The highest BCUT2D eigenvalue weighted by Crippen LogP contribution is 2.35. The average Bonchev–Trinajstić information content (AvgIpc) is 1.91. The predicted octanol–water partition coefficient (Wildman–Crippen LogP) is 10.3. The van der Waals surface area contributed by atoms with Crippen LogP contribution in [0.2, 0.25) is 10.0 Å². The number of anilines is 2. The lowest BCUT2D eigenvalue weighted by molar-refractivity contribution is -0.884. The first-order valence-electron chi connectivity index (χ1n) is 29.3. The number of piperazine rings is 2. The summed E-state index contributed by atoms with van der Waals surface area (Å²) in [5.74, 6) is -1.21. The Morgan fingerprint density at radius 2 is 1.02 bits per heavy atom. The summed E-state index contributed by atoms with van der Waals surface area (Å²) in [7, 11) is 8.61. The highest BCUT2D eigenvalue weighted by Gasteiger charge is 2.30. The summed E-state index contributed by atoms with van der Waals surface area (Å²) in [6, 6.07) is 14.5. The molecule has 0 aliphatic carbocycles. The van der Waals surface area contributed by atoms with Crippen LogP contribution in [0.25, 0.3) is 55.1 Å². The van der Waals surface area contributed by atoms with E-state index in [0.29, 0.717) is 53.7 Å². The lowest BCUT2D eigenvalue weighted by atomic mass is 10.0. The summed E-state index contributed by atoms with van der Waals surface area (Å²) in [6.07, 6.45) is 20.7. The average molecular weight is 1280 g/mol. The fraction of sp³-hybridized carbons (Fsp3) is 0.400. The van der Waals surface area contributed by atoms with E-state index in [1.54, 1.807) is 35.0 Å². The number of likely N-dealkylation sites (N-methyl/N-ethyl adjacent to an activating group) is 2. The summed E-state index contributed by atoms with van der Waals surface area (Å²) in [4.78, 5) is 28.3.